The van der Waals surface area contributed by atoms with Crippen molar-refractivity contribution in [1.82, 2.24) is 25.2 Å². The molecule has 16 heteroatoms. The Kier molecular flexibility index (Phi) is 7.86. The van der Waals surface area contributed by atoms with Crippen LogP contribution in [0.4, 0.5) is 42.2 Å². The summed E-state index contributed by atoms with van der Waals surface area (Å²) in [6, 6.07) is 0.454. The molecule has 0 radical (unpaired) electrons. The monoisotopic (exact) mass is 707 g/mol. The lowest BCUT2D eigenvalue weighted by molar-refractivity contribution is -0.137. The van der Waals surface area contributed by atoms with Gasteiger partial charge in [0.25, 0.3) is 6.08 Å². The molecule has 8 rings (SSSR count). The van der Waals surface area contributed by atoms with Crippen molar-refractivity contribution in [1.29, 1.82) is 0 Å². The third-order valence-electron chi connectivity index (χ3n) is 11.0. The van der Waals surface area contributed by atoms with E-state index >= 15 is 4.39 Å². The lowest BCUT2D eigenvalue weighted by atomic mass is 9.96. The standard InChI is InChI=1S/C34H36F7N7O2/c1-15-23(34(39,40)41)19(11-20(42)24(15)35)26-25(36)27-22-30(48-12-18-3-4-21(43-18)28(48)16(2)50-31(22)44-26)46-32(45-27)49-14-33(7-8-33)13-47-9-5-17(6-10-47)29(37)38/h11,16,18,21,28,43H,3-10,12-14,42H2,1-2H3. The second-order valence-electron chi connectivity index (χ2n) is 14.4. The molecule has 4 fully saturated rings. The molecule has 50 heavy (non-hydrogen) atoms. The van der Waals surface area contributed by atoms with E-state index in [4.69, 9.17) is 20.2 Å². The van der Waals surface area contributed by atoms with E-state index in [1.807, 2.05) is 11.8 Å². The zero-order valence-electron chi connectivity index (χ0n) is 27.4. The van der Waals surface area contributed by atoms with Crippen molar-refractivity contribution >= 4 is 22.4 Å². The molecule has 1 aromatic carbocycles. The Morgan fingerprint density at radius 1 is 1.10 bits per heavy atom. The first kappa shape index (κ1) is 33.2. The molecule has 9 nitrogen and oxygen atoms in total. The number of halogens is 7. The van der Waals surface area contributed by atoms with Crippen molar-refractivity contribution in [3.8, 4) is 23.1 Å². The molecule has 268 valence electrons. The molecular weight excluding hydrogens is 671 g/mol. The summed E-state index contributed by atoms with van der Waals surface area (Å²) < 4.78 is 114. The molecule has 2 aromatic heterocycles. The first-order valence-electron chi connectivity index (χ1n) is 16.9. The third-order valence-corrected chi connectivity index (χ3v) is 11.0. The van der Waals surface area contributed by atoms with Crippen molar-refractivity contribution in [2.75, 3.05) is 43.4 Å². The average Bonchev–Trinajstić information content (AvgIpc) is 3.76. The smallest absolute Gasteiger partial charge is 0.417 e. The lowest BCUT2D eigenvalue weighted by Crippen LogP contribution is -2.62. The highest BCUT2D eigenvalue weighted by Gasteiger charge is 2.49. The van der Waals surface area contributed by atoms with E-state index in [2.05, 4.69) is 20.2 Å². The Morgan fingerprint density at radius 2 is 1.84 bits per heavy atom. The van der Waals surface area contributed by atoms with Crippen molar-refractivity contribution in [2.45, 2.75) is 82.8 Å². The normalized spacial score (nSPS) is 25.7. The number of hydrogen-bond acceptors (Lipinski definition) is 9. The quantitative estimate of drug-likeness (QED) is 0.224. The van der Waals surface area contributed by atoms with Gasteiger partial charge in [0.2, 0.25) is 5.88 Å². The van der Waals surface area contributed by atoms with Crippen LogP contribution >= 0.6 is 0 Å². The Morgan fingerprint density at radius 3 is 2.52 bits per heavy atom. The Hall–Kier alpha value is -3.92. The lowest BCUT2D eigenvalue weighted by Gasteiger charge is -2.42. The molecule has 5 aliphatic rings. The molecule has 4 unspecified atom stereocenters. The van der Waals surface area contributed by atoms with E-state index in [0.717, 1.165) is 38.7 Å². The number of anilines is 2. The van der Waals surface area contributed by atoms with Crippen LogP contribution in [0.25, 0.3) is 22.2 Å². The molecule has 6 heterocycles. The van der Waals surface area contributed by atoms with Gasteiger partial charge in [0, 0.05) is 49.2 Å². The predicted octanol–water partition coefficient (Wildman–Crippen LogP) is 6.37. The topological polar surface area (TPSA) is 102 Å². The van der Waals surface area contributed by atoms with Gasteiger partial charge in [-0.2, -0.15) is 31.9 Å². The van der Waals surface area contributed by atoms with Crippen molar-refractivity contribution in [3.05, 3.63) is 40.5 Å². The molecule has 3 saturated heterocycles. The number of nitrogens with one attached hydrogen (secondary N) is 1. The van der Waals surface area contributed by atoms with Crippen LogP contribution in [0.2, 0.25) is 0 Å². The van der Waals surface area contributed by atoms with E-state index < -0.39 is 58.1 Å². The summed E-state index contributed by atoms with van der Waals surface area (Å²) in [5.74, 6) is -2.27. The van der Waals surface area contributed by atoms with Crippen LogP contribution in [0.15, 0.2) is 17.7 Å². The maximum Gasteiger partial charge on any atom is 0.417 e. The average molecular weight is 708 g/mol. The Bertz CT molecular complexity index is 1900. The second-order valence-corrected chi connectivity index (χ2v) is 14.4. The highest BCUT2D eigenvalue weighted by Crippen LogP contribution is 2.49. The van der Waals surface area contributed by atoms with Crippen LogP contribution in [0.1, 0.15) is 56.6 Å². The van der Waals surface area contributed by atoms with Crippen molar-refractivity contribution < 1.29 is 40.2 Å². The fraction of sp³-hybridized carbons (Fsp3) is 0.559. The minimum absolute atomic E-state index is 0.00801. The number of nitrogens with two attached hydrogens (primary N) is 1. The number of nitrogens with zero attached hydrogens (tertiary/aromatic N) is 5. The van der Waals surface area contributed by atoms with Gasteiger partial charge in [0.15, 0.2) is 5.82 Å². The number of piperidine rings is 1. The summed E-state index contributed by atoms with van der Waals surface area (Å²) in [4.78, 5) is 17.7. The number of benzene rings is 1. The van der Waals surface area contributed by atoms with Crippen molar-refractivity contribution in [3.63, 3.8) is 0 Å². The molecular formula is C34H36F7N7O2. The highest BCUT2D eigenvalue weighted by atomic mass is 19.4. The van der Waals surface area contributed by atoms with Crippen LogP contribution < -0.4 is 25.4 Å². The fourth-order valence-corrected chi connectivity index (χ4v) is 8.29. The van der Waals surface area contributed by atoms with Crippen LogP contribution in [0, 0.1) is 24.0 Å². The van der Waals surface area contributed by atoms with Gasteiger partial charge in [-0.25, -0.2) is 13.8 Å². The summed E-state index contributed by atoms with van der Waals surface area (Å²) in [6.07, 6.45) is -3.17. The van der Waals surface area contributed by atoms with Gasteiger partial charge in [0.05, 0.1) is 23.9 Å². The summed E-state index contributed by atoms with van der Waals surface area (Å²) in [5.41, 5.74) is 1.09. The fourth-order valence-electron chi connectivity index (χ4n) is 8.29. The Labute approximate surface area is 283 Å². The molecule has 1 aliphatic carbocycles. The van der Waals surface area contributed by atoms with Crippen molar-refractivity contribution in [2.24, 2.45) is 5.41 Å². The summed E-state index contributed by atoms with van der Waals surface area (Å²) >= 11 is 0. The number of alkyl halides is 3. The predicted molar refractivity (Wildman–Crippen MR) is 170 cm³/mol. The minimum Gasteiger partial charge on any atom is -0.472 e. The van der Waals surface area contributed by atoms with Gasteiger partial charge < -0.3 is 30.3 Å². The van der Waals surface area contributed by atoms with Gasteiger partial charge >= 0.3 is 12.2 Å². The molecule has 3 N–H and O–H groups in total. The van der Waals surface area contributed by atoms with E-state index in [9.17, 15) is 26.3 Å². The van der Waals surface area contributed by atoms with Gasteiger partial charge in [-0.3, -0.25) is 0 Å². The van der Waals surface area contributed by atoms with Gasteiger partial charge in [0.1, 0.15) is 34.3 Å². The van der Waals surface area contributed by atoms with E-state index in [0.29, 0.717) is 44.8 Å². The van der Waals surface area contributed by atoms with Gasteiger partial charge in [-0.1, -0.05) is 0 Å². The van der Waals surface area contributed by atoms with Gasteiger partial charge in [-0.15, -0.1) is 0 Å². The number of pyridine rings is 1. The molecule has 0 spiro atoms. The number of aromatic nitrogens is 3. The van der Waals surface area contributed by atoms with Gasteiger partial charge in [-0.05, 0) is 69.6 Å². The maximum atomic E-state index is 16.8. The zero-order chi connectivity index (χ0) is 35.3. The van der Waals surface area contributed by atoms with Crippen LogP contribution in [-0.4, -0.2) is 76.9 Å². The largest absolute Gasteiger partial charge is 0.472 e. The SMILES string of the molecule is Cc1c(F)c(N)cc(-c2nc3c4c(nc(OCC5(CN6CCC(=C(F)F)CC6)CC5)nc4c2F)N2CC4CCC(N4)C2C(C)O3)c1C(F)(F)F. The summed E-state index contributed by atoms with van der Waals surface area (Å²) in [6.45, 7) is 5.09. The molecule has 2 bridgehead atoms. The number of hydrogen-bond donors (Lipinski definition) is 2. The van der Waals surface area contributed by atoms with E-state index in [1.54, 1.807) is 0 Å². The van der Waals surface area contributed by atoms with Crippen LogP contribution in [-0.2, 0) is 6.18 Å². The van der Waals surface area contributed by atoms with E-state index in [1.165, 1.54) is 0 Å². The summed E-state index contributed by atoms with van der Waals surface area (Å²) in [7, 11) is 0. The number of ether oxygens (including phenoxy) is 2. The first-order chi connectivity index (χ1) is 23.7. The molecule has 0 amide bonds. The van der Waals surface area contributed by atoms with Crippen LogP contribution in [0.5, 0.6) is 11.9 Å². The minimum atomic E-state index is -5.07. The van der Waals surface area contributed by atoms with Crippen LogP contribution in [0.3, 0.4) is 0 Å². The third kappa shape index (κ3) is 5.58. The molecule has 1 saturated carbocycles. The zero-order valence-corrected chi connectivity index (χ0v) is 27.4. The van der Waals surface area contributed by atoms with E-state index in [-0.39, 0.29) is 58.5 Å². The number of fused-ring (bicyclic) bond motifs is 5. The number of nitrogen functional groups attached to an aromatic ring is 1. The molecule has 4 atom stereocenters. The highest BCUT2D eigenvalue weighted by molar-refractivity contribution is 5.97. The number of likely N-dealkylation sites (tertiary alicyclic amines) is 1. The summed E-state index contributed by atoms with van der Waals surface area (Å²) in [5, 5.41) is 3.70. The Balaban J connectivity index is 1.22. The molecule has 4 aliphatic heterocycles. The second kappa shape index (κ2) is 11.8. The number of rotatable bonds is 6. The molecule has 3 aromatic rings. The maximum absolute atomic E-state index is 16.8. The first-order valence-corrected chi connectivity index (χ1v) is 16.9. The number of piperazine rings is 1.